The molecule has 2 aromatic carbocycles. The molecule has 2 atom stereocenters. The molecule has 1 saturated heterocycles. The number of aryl methyl sites for hydroxylation is 1. The van der Waals surface area contributed by atoms with Gasteiger partial charge in [-0.2, -0.15) is 5.01 Å². The second-order valence-corrected chi connectivity index (χ2v) is 8.37. The molecule has 10 heteroatoms. The summed E-state index contributed by atoms with van der Waals surface area (Å²) in [4.78, 5) is 50.0. The predicted molar refractivity (Wildman–Crippen MR) is 121 cm³/mol. The maximum atomic E-state index is 12.9. The highest BCUT2D eigenvalue weighted by Gasteiger charge is 2.48. The van der Waals surface area contributed by atoms with Gasteiger partial charge in [-0.25, -0.2) is 4.79 Å². The Balaban J connectivity index is 1.59. The number of hydrogen-bond acceptors (Lipinski definition) is 6. The summed E-state index contributed by atoms with van der Waals surface area (Å²) in [6.45, 7) is 3.32. The van der Waals surface area contributed by atoms with Gasteiger partial charge in [-0.1, -0.05) is 42.5 Å². The highest BCUT2D eigenvalue weighted by Crippen LogP contribution is 2.24. The molecule has 4 amide bonds. The lowest BCUT2D eigenvalue weighted by molar-refractivity contribution is -0.384. The predicted octanol–water partition coefficient (Wildman–Crippen LogP) is 2.56. The monoisotopic (exact) mass is 453 g/mol. The van der Waals surface area contributed by atoms with Crippen molar-refractivity contribution in [1.82, 2.24) is 20.7 Å². The van der Waals surface area contributed by atoms with Crippen LogP contribution in [0.15, 0.2) is 54.6 Å². The van der Waals surface area contributed by atoms with Crippen molar-refractivity contribution in [1.29, 1.82) is 0 Å². The number of urea groups is 1. The van der Waals surface area contributed by atoms with Gasteiger partial charge in [0.15, 0.2) is 0 Å². The lowest BCUT2D eigenvalue weighted by Crippen LogP contribution is -2.51. The smallest absolute Gasteiger partial charge is 0.322 e. The number of carbonyl (C=O) groups excluding carboxylic acids is 3. The van der Waals surface area contributed by atoms with E-state index in [1.165, 1.54) is 12.1 Å². The average Bonchev–Trinajstić information content (AvgIpc) is 3.01. The van der Waals surface area contributed by atoms with Gasteiger partial charge in [-0.15, -0.1) is 0 Å². The first-order valence-electron chi connectivity index (χ1n) is 10.6. The van der Waals surface area contributed by atoms with Crippen molar-refractivity contribution in [2.45, 2.75) is 38.3 Å². The summed E-state index contributed by atoms with van der Waals surface area (Å²) < 4.78 is 0. The van der Waals surface area contributed by atoms with Crippen LogP contribution in [0.25, 0.3) is 0 Å². The number of benzene rings is 2. The number of rotatable bonds is 9. The van der Waals surface area contributed by atoms with Crippen LogP contribution in [0.4, 0.5) is 10.5 Å². The van der Waals surface area contributed by atoms with E-state index < -0.39 is 28.3 Å². The van der Waals surface area contributed by atoms with Crippen LogP contribution in [-0.4, -0.2) is 51.8 Å². The number of nitro groups is 1. The molecule has 33 heavy (non-hydrogen) atoms. The number of imide groups is 1. The first-order valence-corrected chi connectivity index (χ1v) is 10.6. The summed E-state index contributed by atoms with van der Waals surface area (Å²) in [5, 5.41) is 14.4. The van der Waals surface area contributed by atoms with Gasteiger partial charge in [0.1, 0.15) is 5.54 Å². The van der Waals surface area contributed by atoms with Crippen molar-refractivity contribution in [3.63, 3.8) is 0 Å². The Labute approximate surface area is 191 Å². The number of hydrogen-bond donors (Lipinski definition) is 2. The van der Waals surface area contributed by atoms with Crippen molar-refractivity contribution < 1.29 is 19.3 Å². The minimum absolute atomic E-state index is 0.0358. The van der Waals surface area contributed by atoms with E-state index in [1.807, 2.05) is 30.3 Å². The van der Waals surface area contributed by atoms with Crippen molar-refractivity contribution in [3.05, 3.63) is 75.8 Å². The van der Waals surface area contributed by atoms with Gasteiger partial charge in [0, 0.05) is 18.2 Å². The van der Waals surface area contributed by atoms with Crippen molar-refractivity contribution in [2.24, 2.45) is 0 Å². The van der Waals surface area contributed by atoms with E-state index in [1.54, 1.807) is 37.9 Å². The van der Waals surface area contributed by atoms with E-state index >= 15 is 0 Å². The molecule has 0 aliphatic carbocycles. The summed E-state index contributed by atoms with van der Waals surface area (Å²) in [5.41, 5.74) is 2.93. The van der Waals surface area contributed by atoms with Crippen LogP contribution in [0.3, 0.4) is 0 Å². The second-order valence-electron chi connectivity index (χ2n) is 8.37. The maximum Gasteiger partial charge on any atom is 0.344 e. The van der Waals surface area contributed by atoms with Gasteiger partial charge in [-0.3, -0.25) is 30.0 Å². The molecule has 174 valence electrons. The van der Waals surface area contributed by atoms with Crippen LogP contribution >= 0.6 is 0 Å². The topological polar surface area (TPSA) is 125 Å². The molecule has 1 fully saturated rings. The molecule has 0 bridgehead atoms. The molecule has 2 unspecified atom stereocenters. The number of nitrogens with zero attached hydrogens (tertiary/aromatic N) is 3. The molecule has 2 aromatic rings. The molecule has 0 radical (unpaired) electrons. The first kappa shape index (κ1) is 23.9. The summed E-state index contributed by atoms with van der Waals surface area (Å²) in [6.07, 6.45) is 0.978. The maximum absolute atomic E-state index is 12.9. The molecule has 3 rings (SSSR count). The molecule has 10 nitrogen and oxygen atoms in total. The van der Waals surface area contributed by atoms with Crippen molar-refractivity contribution in [2.75, 3.05) is 13.6 Å². The van der Waals surface area contributed by atoms with Gasteiger partial charge in [0.2, 0.25) is 0 Å². The fourth-order valence-corrected chi connectivity index (χ4v) is 3.67. The standard InChI is InChI=1S/C23H27N5O5/c1-16(18-10-7-11-19(14-18)28(32)33)26(3)15-20(29)25-27-21(30)23(2,24-22(27)31)13-12-17-8-5-4-6-9-17/h4-11,14,16H,12-13,15H2,1-3H3,(H,24,31)(H,25,29). The third-order valence-corrected chi connectivity index (χ3v) is 5.87. The lowest BCUT2D eigenvalue weighted by Gasteiger charge is -2.25. The normalized spacial score (nSPS) is 18.8. The molecule has 0 saturated carbocycles. The molecule has 2 N–H and O–H groups in total. The van der Waals surface area contributed by atoms with Crippen LogP contribution in [-0.2, 0) is 16.0 Å². The molecule has 1 heterocycles. The van der Waals surface area contributed by atoms with Gasteiger partial charge in [0.25, 0.3) is 17.5 Å². The Kier molecular flexibility index (Phi) is 7.07. The van der Waals surface area contributed by atoms with Crippen LogP contribution < -0.4 is 10.7 Å². The Morgan fingerprint density at radius 3 is 2.58 bits per heavy atom. The summed E-state index contributed by atoms with van der Waals surface area (Å²) >= 11 is 0. The minimum atomic E-state index is -1.12. The average molecular weight is 453 g/mol. The highest BCUT2D eigenvalue weighted by atomic mass is 16.6. The van der Waals surface area contributed by atoms with E-state index in [-0.39, 0.29) is 18.3 Å². The Morgan fingerprint density at radius 1 is 1.21 bits per heavy atom. The van der Waals surface area contributed by atoms with Gasteiger partial charge >= 0.3 is 6.03 Å². The number of carbonyl (C=O) groups is 3. The number of non-ortho nitro benzene ring substituents is 1. The SMILES string of the molecule is CC(c1cccc([N+](=O)[O-])c1)N(C)CC(=O)NN1C(=O)NC(C)(CCc2ccccc2)C1=O. The van der Waals surface area contributed by atoms with E-state index in [0.29, 0.717) is 18.4 Å². The van der Waals surface area contributed by atoms with Crippen LogP contribution in [0.1, 0.15) is 37.4 Å². The second kappa shape index (κ2) is 9.78. The molecule has 0 aromatic heterocycles. The molecule has 1 aliphatic heterocycles. The Morgan fingerprint density at radius 2 is 1.91 bits per heavy atom. The first-order chi connectivity index (χ1) is 15.6. The summed E-state index contributed by atoms with van der Waals surface area (Å²) in [7, 11) is 1.68. The van der Waals surface area contributed by atoms with E-state index in [2.05, 4.69) is 10.7 Å². The van der Waals surface area contributed by atoms with Gasteiger partial charge < -0.3 is 5.32 Å². The fraction of sp³-hybridized carbons (Fsp3) is 0.348. The Bertz CT molecular complexity index is 1060. The summed E-state index contributed by atoms with van der Waals surface area (Å²) in [6, 6.07) is 14.8. The van der Waals surface area contributed by atoms with E-state index in [9.17, 15) is 24.5 Å². The number of hydrazine groups is 1. The van der Waals surface area contributed by atoms with Crippen molar-refractivity contribution in [3.8, 4) is 0 Å². The number of nitrogens with one attached hydrogen (secondary N) is 2. The third-order valence-electron chi connectivity index (χ3n) is 5.87. The number of amides is 4. The zero-order chi connectivity index (χ0) is 24.2. The van der Waals surface area contributed by atoms with Crippen molar-refractivity contribution >= 4 is 23.5 Å². The van der Waals surface area contributed by atoms with Crippen LogP contribution in [0.5, 0.6) is 0 Å². The molecule has 0 spiro atoms. The third kappa shape index (κ3) is 5.53. The zero-order valence-electron chi connectivity index (χ0n) is 18.8. The zero-order valence-corrected chi connectivity index (χ0v) is 18.8. The minimum Gasteiger partial charge on any atom is -0.322 e. The van der Waals surface area contributed by atoms with Crippen LogP contribution in [0.2, 0.25) is 0 Å². The largest absolute Gasteiger partial charge is 0.344 e. The van der Waals surface area contributed by atoms with Gasteiger partial charge in [-0.05, 0) is 44.9 Å². The number of likely N-dealkylation sites (N-methyl/N-ethyl adjacent to an activating group) is 1. The van der Waals surface area contributed by atoms with Gasteiger partial charge in [0.05, 0.1) is 11.5 Å². The Hall–Kier alpha value is -3.79. The lowest BCUT2D eigenvalue weighted by atomic mass is 9.93. The summed E-state index contributed by atoms with van der Waals surface area (Å²) in [5.74, 6) is -1.07. The fourth-order valence-electron chi connectivity index (χ4n) is 3.67. The number of nitro benzene ring substituents is 1. The van der Waals surface area contributed by atoms with E-state index in [0.717, 1.165) is 10.6 Å². The highest BCUT2D eigenvalue weighted by molar-refractivity contribution is 6.07. The van der Waals surface area contributed by atoms with Crippen LogP contribution in [0, 0.1) is 10.1 Å². The molecular formula is C23H27N5O5. The molecular weight excluding hydrogens is 426 g/mol. The quantitative estimate of drug-likeness (QED) is 0.342. The van der Waals surface area contributed by atoms with E-state index in [4.69, 9.17) is 0 Å². The molecule has 1 aliphatic rings.